The third-order valence-corrected chi connectivity index (χ3v) is 7.48. The molecule has 0 aromatic heterocycles. The molecule has 2 aromatic carbocycles. The largest absolute Gasteiger partial charge is 0.379 e. The Morgan fingerprint density at radius 3 is 2.56 bits per heavy atom. The summed E-state index contributed by atoms with van der Waals surface area (Å²) in [5.41, 5.74) is 2.77. The Morgan fingerprint density at radius 1 is 1.12 bits per heavy atom. The monoisotopic (exact) mass is 457 g/mol. The molecule has 2 aliphatic rings. The summed E-state index contributed by atoms with van der Waals surface area (Å²) in [5.74, 6) is -1.00. The molecular weight excluding hydrogens is 430 g/mol. The summed E-state index contributed by atoms with van der Waals surface area (Å²) in [6, 6.07) is 14.4. The van der Waals surface area contributed by atoms with Crippen LogP contribution in [0.3, 0.4) is 0 Å². The van der Waals surface area contributed by atoms with E-state index < -0.39 is 15.9 Å². The predicted octanol–water partition coefficient (Wildman–Crippen LogP) is 1.86. The zero-order valence-electron chi connectivity index (χ0n) is 18.0. The maximum Gasteiger partial charge on any atom is 0.251 e. The van der Waals surface area contributed by atoms with Crippen LogP contribution >= 0.6 is 0 Å². The van der Waals surface area contributed by atoms with E-state index in [0.29, 0.717) is 25.3 Å². The summed E-state index contributed by atoms with van der Waals surface area (Å²) in [4.78, 5) is 27.3. The van der Waals surface area contributed by atoms with Gasteiger partial charge in [0.05, 0.1) is 30.7 Å². The number of ether oxygens (including phenoxy) is 1. The van der Waals surface area contributed by atoms with Gasteiger partial charge in [0.15, 0.2) is 0 Å². The smallest absolute Gasteiger partial charge is 0.251 e. The molecule has 2 saturated heterocycles. The lowest BCUT2D eigenvalue weighted by atomic mass is 10.0. The van der Waals surface area contributed by atoms with E-state index in [4.69, 9.17) is 4.74 Å². The van der Waals surface area contributed by atoms with E-state index in [9.17, 15) is 18.0 Å². The number of sulfonamides is 1. The van der Waals surface area contributed by atoms with E-state index in [-0.39, 0.29) is 29.8 Å². The van der Waals surface area contributed by atoms with Gasteiger partial charge in [0.1, 0.15) is 0 Å². The Morgan fingerprint density at radius 2 is 1.88 bits per heavy atom. The first kappa shape index (κ1) is 22.4. The number of nitrogens with zero attached hydrogens (tertiary/aromatic N) is 2. The van der Waals surface area contributed by atoms with Crippen LogP contribution in [0.5, 0.6) is 0 Å². The van der Waals surface area contributed by atoms with Gasteiger partial charge >= 0.3 is 0 Å². The van der Waals surface area contributed by atoms with Gasteiger partial charge in [0, 0.05) is 31.6 Å². The van der Waals surface area contributed by atoms with Crippen molar-refractivity contribution in [3.05, 3.63) is 65.2 Å². The summed E-state index contributed by atoms with van der Waals surface area (Å²) in [6.45, 7) is 5.29. The molecule has 2 heterocycles. The van der Waals surface area contributed by atoms with Gasteiger partial charge in [-0.05, 0) is 30.7 Å². The highest BCUT2D eigenvalue weighted by atomic mass is 32.2. The number of rotatable bonds is 6. The van der Waals surface area contributed by atoms with Crippen molar-refractivity contribution in [3.63, 3.8) is 0 Å². The lowest BCUT2D eigenvalue weighted by Crippen LogP contribution is -2.43. The van der Waals surface area contributed by atoms with Crippen molar-refractivity contribution >= 4 is 27.5 Å². The van der Waals surface area contributed by atoms with Gasteiger partial charge in [-0.1, -0.05) is 35.9 Å². The van der Waals surface area contributed by atoms with E-state index in [1.54, 1.807) is 12.1 Å². The van der Waals surface area contributed by atoms with Crippen LogP contribution in [0.4, 0.5) is 5.69 Å². The molecule has 1 N–H and O–H groups in total. The minimum Gasteiger partial charge on any atom is -0.379 e. The Hall–Kier alpha value is -2.75. The molecule has 2 aliphatic heterocycles. The van der Waals surface area contributed by atoms with E-state index in [2.05, 4.69) is 22.3 Å². The molecule has 2 amide bonds. The normalized spacial score (nSPS) is 19.7. The summed E-state index contributed by atoms with van der Waals surface area (Å²) < 4.78 is 30.7. The highest BCUT2D eigenvalue weighted by Gasteiger charge is 2.36. The van der Waals surface area contributed by atoms with Crippen LogP contribution in [0.1, 0.15) is 33.9 Å². The quantitative estimate of drug-likeness (QED) is 0.712. The fraction of sp³-hybridized carbons (Fsp3) is 0.391. The first-order valence-electron chi connectivity index (χ1n) is 10.7. The van der Waals surface area contributed by atoms with Crippen LogP contribution < -0.4 is 9.62 Å². The Kier molecular flexibility index (Phi) is 6.59. The number of amides is 2. The number of benzene rings is 2. The second kappa shape index (κ2) is 9.40. The predicted molar refractivity (Wildman–Crippen MR) is 121 cm³/mol. The van der Waals surface area contributed by atoms with Gasteiger partial charge in [-0.25, -0.2) is 12.7 Å². The van der Waals surface area contributed by atoms with Crippen molar-refractivity contribution in [2.75, 3.05) is 42.9 Å². The lowest BCUT2D eigenvalue weighted by molar-refractivity contribution is -0.116. The number of aryl methyl sites for hydroxylation is 1. The summed E-state index contributed by atoms with van der Waals surface area (Å²) in [5, 5.41) is 2.99. The van der Waals surface area contributed by atoms with Gasteiger partial charge in [0.2, 0.25) is 15.9 Å². The van der Waals surface area contributed by atoms with E-state index in [1.807, 2.05) is 19.1 Å². The Balaban J connectivity index is 1.52. The molecule has 8 nitrogen and oxygen atoms in total. The third kappa shape index (κ3) is 4.85. The number of morpholine rings is 1. The molecule has 0 radical (unpaired) electrons. The maximum atomic E-state index is 12.9. The minimum atomic E-state index is -3.68. The maximum absolute atomic E-state index is 12.9. The average molecular weight is 458 g/mol. The molecule has 9 heteroatoms. The molecule has 32 heavy (non-hydrogen) atoms. The number of hydrogen-bond donors (Lipinski definition) is 1. The first-order valence-corrected chi connectivity index (χ1v) is 12.3. The van der Waals surface area contributed by atoms with Crippen LogP contribution in [0.15, 0.2) is 48.5 Å². The molecule has 2 fully saturated rings. The van der Waals surface area contributed by atoms with E-state index in [1.165, 1.54) is 12.1 Å². The summed E-state index contributed by atoms with van der Waals surface area (Å²) in [6.07, 6.45) is -0.0452. The van der Waals surface area contributed by atoms with Crippen LogP contribution in [0.2, 0.25) is 0 Å². The van der Waals surface area contributed by atoms with Crippen LogP contribution in [0.25, 0.3) is 0 Å². The molecule has 0 saturated carbocycles. The Labute approximate surface area is 188 Å². The fourth-order valence-corrected chi connectivity index (χ4v) is 5.61. The second-order valence-corrected chi connectivity index (χ2v) is 10.0. The van der Waals surface area contributed by atoms with Gasteiger partial charge in [0.25, 0.3) is 5.91 Å². The average Bonchev–Trinajstić information content (AvgIpc) is 3.06. The highest BCUT2D eigenvalue weighted by molar-refractivity contribution is 7.94. The fourth-order valence-electron chi connectivity index (χ4n) is 4.16. The third-order valence-electron chi connectivity index (χ3n) is 5.79. The minimum absolute atomic E-state index is 0.00790. The summed E-state index contributed by atoms with van der Waals surface area (Å²) >= 11 is 0. The van der Waals surface area contributed by atoms with Crippen molar-refractivity contribution in [1.82, 2.24) is 10.2 Å². The molecule has 0 aliphatic carbocycles. The number of carbonyl (C=O) groups is 2. The van der Waals surface area contributed by atoms with E-state index in [0.717, 1.165) is 28.5 Å². The SMILES string of the molecule is Cc1cccc([C@H](CNC(=O)c2cccc(N3C(=O)CCS3(=O)=O)c2)N2CCOCC2)c1. The van der Waals surface area contributed by atoms with E-state index >= 15 is 0 Å². The molecule has 0 bridgehead atoms. The number of anilines is 1. The number of nitrogens with one attached hydrogen (secondary N) is 1. The van der Waals surface area contributed by atoms with Crippen LogP contribution in [-0.4, -0.2) is 63.7 Å². The van der Waals surface area contributed by atoms with Crippen LogP contribution in [-0.2, 0) is 19.6 Å². The topological polar surface area (TPSA) is 96.0 Å². The molecule has 1 atom stereocenters. The van der Waals surface area contributed by atoms with Gasteiger partial charge < -0.3 is 10.1 Å². The molecule has 0 unspecified atom stereocenters. The van der Waals surface area contributed by atoms with Gasteiger partial charge in [-0.15, -0.1) is 0 Å². The molecule has 170 valence electrons. The van der Waals surface area contributed by atoms with Crippen LogP contribution in [0, 0.1) is 6.92 Å². The van der Waals surface area contributed by atoms with Crippen molar-refractivity contribution < 1.29 is 22.7 Å². The second-order valence-electron chi connectivity index (χ2n) is 8.06. The van der Waals surface area contributed by atoms with Crippen molar-refractivity contribution in [2.24, 2.45) is 0 Å². The number of carbonyl (C=O) groups excluding carboxylic acids is 2. The van der Waals surface area contributed by atoms with Crippen molar-refractivity contribution in [2.45, 2.75) is 19.4 Å². The zero-order valence-corrected chi connectivity index (χ0v) is 18.8. The van der Waals surface area contributed by atoms with Gasteiger partial charge in [-0.3, -0.25) is 14.5 Å². The van der Waals surface area contributed by atoms with Crippen molar-refractivity contribution in [1.29, 1.82) is 0 Å². The summed E-state index contributed by atoms with van der Waals surface area (Å²) in [7, 11) is -3.68. The van der Waals surface area contributed by atoms with Crippen molar-refractivity contribution in [3.8, 4) is 0 Å². The lowest BCUT2D eigenvalue weighted by Gasteiger charge is -2.35. The molecular formula is C23H27N3O5S. The molecule has 2 aromatic rings. The first-order chi connectivity index (χ1) is 15.3. The zero-order chi connectivity index (χ0) is 22.7. The highest BCUT2D eigenvalue weighted by Crippen LogP contribution is 2.26. The number of hydrogen-bond acceptors (Lipinski definition) is 6. The van der Waals surface area contributed by atoms with Gasteiger partial charge in [-0.2, -0.15) is 0 Å². The molecule has 0 spiro atoms. The standard InChI is InChI=1S/C23H27N3O5S/c1-17-4-2-5-18(14-17)21(25-9-11-31-12-10-25)16-24-23(28)19-6-3-7-20(15-19)26-22(27)8-13-32(26,29)30/h2-7,14-15,21H,8-13,16H2,1H3,(H,24,28)/t21-/m0/s1. The Bertz CT molecular complexity index is 1110. The molecule has 4 rings (SSSR count).